The third-order valence-electron chi connectivity index (χ3n) is 2.45. The highest BCUT2D eigenvalue weighted by Crippen LogP contribution is 2.13. The number of nitrogens with zero attached hydrogens (tertiary/aromatic N) is 1. The van der Waals surface area contributed by atoms with Crippen molar-refractivity contribution in [2.45, 2.75) is 17.6 Å². The summed E-state index contributed by atoms with van der Waals surface area (Å²) in [5, 5.41) is 0. The molecule has 0 radical (unpaired) electrons. The van der Waals surface area contributed by atoms with Crippen molar-refractivity contribution in [1.29, 1.82) is 0 Å². The molecule has 0 bridgehead atoms. The van der Waals surface area contributed by atoms with Crippen LogP contribution in [0.15, 0.2) is 46.2 Å². The first-order valence-corrected chi connectivity index (χ1v) is 6.97. The zero-order valence-corrected chi connectivity index (χ0v) is 10.6. The minimum Gasteiger partial charge on any atom is -0.311 e. The Labute approximate surface area is 104 Å². The van der Waals surface area contributed by atoms with Crippen LogP contribution in [0.4, 0.5) is 0 Å². The van der Waals surface area contributed by atoms with Gasteiger partial charge in [-0.2, -0.15) is 0 Å². The van der Waals surface area contributed by atoms with Gasteiger partial charge in [0.2, 0.25) is 0 Å². The van der Waals surface area contributed by atoms with Crippen LogP contribution in [0.25, 0.3) is 0 Å². The lowest BCUT2D eigenvalue weighted by Crippen LogP contribution is -2.18. The number of H-pyrrole nitrogens is 1. The Morgan fingerprint density at radius 2 is 1.89 bits per heavy atom. The second kappa shape index (κ2) is 4.73. The van der Waals surface area contributed by atoms with Gasteiger partial charge in [0.1, 0.15) is 5.82 Å². The van der Waals surface area contributed by atoms with E-state index in [0.717, 1.165) is 0 Å². The topological polar surface area (TPSA) is 79.9 Å². The van der Waals surface area contributed by atoms with Gasteiger partial charge < -0.3 is 4.98 Å². The van der Waals surface area contributed by atoms with E-state index in [0.29, 0.717) is 5.82 Å². The summed E-state index contributed by atoms with van der Waals surface area (Å²) in [6.45, 7) is 1.64. The summed E-state index contributed by atoms with van der Waals surface area (Å²) >= 11 is 0. The number of aryl methyl sites for hydroxylation is 1. The summed E-state index contributed by atoms with van der Waals surface area (Å²) in [5.74, 6) is 0.112. The maximum atomic E-state index is 12.1. The molecule has 1 N–H and O–H groups in total. The van der Waals surface area contributed by atoms with Gasteiger partial charge in [0.15, 0.2) is 9.84 Å². The molecule has 0 saturated heterocycles. The summed E-state index contributed by atoms with van der Waals surface area (Å²) in [6.07, 6.45) is 1.30. The molecule has 1 heterocycles. The van der Waals surface area contributed by atoms with Crippen LogP contribution in [-0.2, 0) is 15.6 Å². The van der Waals surface area contributed by atoms with Crippen molar-refractivity contribution in [1.82, 2.24) is 9.97 Å². The van der Waals surface area contributed by atoms with E-state index in [4.69, 9.17) is 0 Å². The molecule has 0 spiro atoms. The molecule has 94 valence electrons. The average molecular weight is 264 g/mol. The smallest absolute Gasteiger partial charge is 0.255 e. The summed E-state index contributed by atoms with van der Waals surface area (Å²) in [7, 11) is -3.51. The van der Waals surface area contributed by atoms with Gasteiger partial charge >= 0.3 is 0 Å². The van der Waals surface area contributed by atoms with E-state index in [1.165, 1.54) is 18.3 Å². The van der Waals surface area contributed by atoms with Crippen LogP contribution in [0.5, 0.6) is 0 Å². The molecule has 2 aromatic rings. The first kappa shape index (κ1) is 12.5. The second-order valence-corrected chi connectivity index (χ2v) is 5.88. The maximum Gasteiger partial charge on any atom is 0.255 e. The lowest BCUT2D eigenvalue weighted by atomic mass is 10.4. The average Bonchev–Trinajstić information content (AvgIpc) is 2.34. The molecule has 0 fully saturated rings. The molecule has 0 aliphatic carbocycles. The lowest BCUT2D eigenvalue weighted by Gasteiger charge is -2.03. The van der Waals surface area contributed by atoms with Crippen molar-refractivity contribution in [2.75, 3.05) is 0 Å². The maximum absolute atomic E-state index is 12.1. The second-order valence-electron chi connectivity index (χ2n) is 3.90. The predicted molar refractivity (Wildman–Crippen MR) is 66.9 cm³/mol. The van der Waals surface area contributed by atoms with E-state index in [1.807, 2.05) is 0 Å². The van der Waals surface area contributed by atoms with E-state index in [1.54, 1.807) is 25.1 Å². The number of aromatic nitrogens is 2. The van der Waals surface area contributed by atoms with Crippen molar-refractivity contribution < 1.29 is 8.42 Å². The highest BCUT2D eigenvalue weighted by atomic mass is 32.2. The normalized spacial score (nSPS) is 11.4. The molecule has 1 aromatic carbocycles. The standard InChI is InChI=1S/C12H12N2O3S/c1-9-13-7-10(12(15)14-9)8-18(16,17)11-5-3-2-4-6-11/h2-7H,8H2,1H3,(H,13,14,15). The molecule has 0 atom stereocenters. The molecule has 0 aliphatic heterocycles. The summed E-state index contributed by atoms with van der Waals surface area (Å²) in [4.78, 5) is 18.2. The van der Waals surface area contributed by atoms with Gasteiger partial charge in [-0.05, 0) is 19.1 Å². The van der Waals surface area contributed by atoms with Gasteiger partial charge in [0.05, 0.1) is 16.2 Å². The number of sulfone groups is 1. The van der Waals surface area contributed by atoms with Crippen LogP contribution in [0.2, 0.25) is 0 Å². The molecular formula is C12H12N2O3S. The van der Waals surface area contributed by atoms with Crippen molar-refractivity contribution >= 4 is 9.84 Å². The number of hydrogen-bond acceptors (Lipinski definition) is 4. The predicted octanol–water partition coefficient (Wildman–Crippen LogP) is 1.05. The largest absolute Gasteiger partial charge is 0.311 e. The lowest BCUT2D eigenvalue weighted by molar-refractivity contribution is 0.595. The van der Waals surface area contributed by atoms with Crippen molar-refractivity contribution in [3.05, 3.63) is 58.3 Å². The Balaban J connectivity index is 2.37. The van der Waals surface area contributed by atoms with Gasteiger partial charge in [-0.15, -0.1) is 0 Å². The van der Waals surface area contributed by atoms with Crippen LogP contribution in [0, 0.1) is 6.92 Å². The fourth-order valence-electron chi connectivity index (χ4n) is 1.53. The monoisotopic (exact) mass is 264 g/mol. The van der Waals surface area contributed by atoms with E-state index >= 15 is 0 Å². The fourth-order valence-corrected chi connectivity index (χ4v) is 2.88. The summed E-state index contributed by atoms with van der Waals surface area (Å²) < 4.78 is 24.1. The van der Waals surface area contributed by atoms with Gasteiger partial charge in [-0.3, -0.25) is 4.79 Å². The molecule has 0 saturated carbocycles. The highest BCUT2D eigenvalue weighted by Gasteiger charge is 2.17. The fraction of sp³-hybridized carbons (Fsp3) is 0.167. The van der Waals surface area contributed by atoms with Gasteiger partial charge in [-0.1, -0.05) is 18.2 Å². The third kappa shape index (κ3) is 2.65. The number of nitrogens with one attached hydrogen (secondary N) is 1. The first-order valence-electron chi connectivity index (χ1n) is 5.31. The third-order valence-corrected chi connectivity index (χ3v) is 4.13. The van der Waals surface area contributed by atoms with E-state index in [-0.39, 0.29) is 16.2 Å². The zero-order chi connectivity index (χ0) is 13.2. The minimum atomic E-state index is -3.51. The molecule has 0 amide bonds. The Bertz CT molecular complexity index is 706. The van der Waals surface area contributed by atoms with Gasteiger partial charge in [-0.25, -0.2) is 13.4 Å². The highest BCUT2D eigenvalue weighted by molar-refractivity contribution is 7.90. The van der Waals surface area contributed by atoms with E-state index < -0.39 is 15.4 Å². The van der Waals surface area contributed by atoms with Crippen LogP contribution in [0.1, 0.15) is 11.4 Å². The zero-order valence-electron chi connectivity index (χ0n) is 9.75. The molecular weight excluding hydrogens is 252 g/mol. The number of benzene rings is 1. The Morgan fingerprint density at radius 1 is 1.22 bits per heavy atom. The Kier molecular flexibility index (Phi) is 3.29. The first-order chi connectivity index (χ1) is 8.49. The molecule has 5 nitrogen and oxygen atoms in total. The molecule has 2 rings (SSSR count). The van der Waals surface area contributed by atoms with Gasteiger partial charge in [0, 0.05) is 6.20 Å². The summed E-state index contributed by atoms with van der Waals surface area (Å²) in [6, 6.07) is 8.03. The van der Waals surface area contributed by atoms with Gasteiger partial charge in [0.25, 0.3) is 5.56 Å². The SMILES string of the molecule is Cc1ncc(CS(=O)(=O)c2ccccc2)c(=O)[nH]1. The quantitative estimate of drug-likeness (QED) is 0.898. The molecule has 0 unspecified atom stereocenters. The van der Waals surface area contributed by atoms with Crippen molar-refractivity contribution in [3.63, 3.8) is 0 Å². The van der Waals surface area contributed by atoms with Crippen LogP contribution in [-0.4, -0.2) is 18.4 Å². The summed E-state index contributed by atoms with van der Waals surface area (Å²) in [5.41, 5.74) is -0.272. The molecule has 18 heavy (non-hydrogen) atoms. The van der Waals surface area contributed by atoms with Crippen molar-refractivity contribution in [2.24, 2.45) is 0 Å². The molecule has 6 heteroatoms. The van der Waals surface area contributed by atoms with Crippen LogP contribution < -0.4 is 5.56 Å². The molecule has 1 aromatic heterocycles. The van der Waals surface area contributed by atoms with Crippen molar-refractivity contribution in [3.8, 4) is 0 Å². The van der Waals surface area contributed by atoms with Crippen LogP contribution in [0.3, 0.4) is 0 Å². The number of rotatable bonds is 3. The molecule has 0 aliphatic rings. The van der Waals surface area contributed by atoms with E-state index in [2.05, 4.69) is 9.97 Å². The van der Waals surface area contributed by atoms with Crippen LogP contribution >= 0.6 is 0 Å². The Hall–Kier alpha value is -1.95. The van der Waals surface area contributed by atoms with E-state index in [9.17, 15) is 13.2 Å². The Morgan fingerprint density at radius 3 is 2.50 bits per heavy atom. The number of aromatic amines is 1. The minimum absolute atomic E-state index is 0.143. The number of hydrogen-bond donors (Lipinski definition) is 1.